The fraction of sp³-hybridized carbons (Fsp3) is 0.200. The van der Waals surface area contributed by atoms with Gasteiger partial charge in [0, 0.05) is 42.9 Å². The molecule has 1 amide bonds. The van der Waals surface area contributed by atoms with Gasteiger partial charge >= 0.3 is 0 Å². The van der Waals surface area contributed by atoms with E-state index >= 15 is 0 Å². The number of para-hydroxylation sites is 1. The number of carbonyl (C=O) groups is 1. The molecule has 0 aliphatic heterocycles. The van der Waals surface area contributed by atoms with Crippen LogP contribution in [0.1, 0.15) is 17.8 Å². The van der Waals surface area contributed by atoms with Crippen LogP contribution in [0.5, 0.6) is 0 Å². The van der Waals surface area contributed by atoms with Gasteiger partial charge in [0.1, 0.15) is 12.4 Å². The largest absolute Gasteiger partial charge is 0.337 e. The van der Waals surface area contributed by atoms with Gasteiger partial charge in [0.25, 0.3) is 0 Å². The molecule has 132 valence electrons. The smallest absolute Gasteiger partial charge is 0.224 e. The number of amides is 1. The van der Waals surface area contributed by atoms with Crippen molar-refractivity contribution in [2.75, 3.05) is 5.32 Å². The molecule has 1 aromatic heterocycles. The van der Waals surface area contributed by atoms with E-state index in [2.05, 4.69) is 15.5 Å². The topological polar surface area (TPSA) is 76.3 Å². The van der Waals surface area contributed by atoms with Gasteiger partial charge in [-0.15, -0.1) is 0 Å². The summed E-state index contributed by atoms with van der Waals surface area (Å²) in [5, 5.41) is 5.74. The fourth-order valence-corrected chi connectivity index (χ4v) is 2.77. The lowest BCUT2D eigenvalue weighted by atomic mass is 10.1. The van der Waals surface area contributed by atoms with E-state index in [0.29, 0.717) is 24.1 Å². The van der Waals surface area contributed by atoms with Gasteiger partial charge in [0.2, 0.25) is 5.91 Å². The minimum atomic E-state index is -0.118. The number of aromatic nitrogens is 2. The number of hydrogen-bond donors (Lipinski definition) is 1. The van der Waals surface area contributed by atoms with E-state index in [-0.39, 0.29) is 12.5 Å². The van der Waals surface area contributed by atoms with Crippen molar-refractivity contribution < 1.29 is 4.79 Å². The Kier molecular flexibility index (Phi) is 5.53. The first-order valence-corrected chi connectivity index (χ1v) is 8.42. The highest BCUT2D eigenvalue weighted by molar-refractivity contribution is 5.91. The molecule has 0 fully saturated rings. The van der Waals surface area contributed by atoms with Crippen molar-refractivity contribution in [3.8, 4) is 11.3 Å². The van der Waals surface area contributed by atoms with Crippen LogP contribution in [-0.4, -0.2) is 15.5 Å². The number of hydrogen-bond acceptors (Lipinski definition) is 4. The standard InChI is InChI=1S/C20H20N4O2/c1-24-14-18(15-7-3-2-4-8-15)22-19(24)11-12-20(25)23-17-10-6-5-9-16(17)13-21-26/h2-10,14H,11-13H2,1H3,(H,23,25). The van der Waals surface area contributed by atoms with Crippen molar-refractivity contribution in [2.24, 2.45) is 12.2 Å². The summed E-state index contributed by atoms with van der Waals surface area (Å²) in [6.45, 7) is 0.0380. The number of rotatable bonds is 7. The second-order valence-corrected chi connectivity index (χ2v) is 6.01. The Morgan fingerprint density at radius 2 is 1.85 bits per heavy atom. The lowest BCUT2D eigenvalue weighted by Crippen LogP contribution is -2.14. The second-order valence-electron chi connectivity index (χ2n) is 6.01. The maximum atomic E-state index is 12.3. The van der Waals surface area contributed by atoms with Crippen molar-refractivity contribution in [3.63, 3.8) is 0 Å². The molecular formula is C20H20N4O2. The first-order chi connectivity index (χ1) is 12.7. The van der Waals surface area contributed by atoms with Crippen LogP contribution in [0.25, 0.3) is 11.3 Å². The summed E-state index contributed by atoms with van der Waals surface area (Å²) >= 11 is 0. The number of benzene rings is 2. The molecule has 0 aliphatic carbocycles. The zero-order chi connectivity index (χ0) is 18.4. The van der Waals surface area contributed by atoms with Gasteiger partial charge in [-0.3, -0.25) is 4.79 Å². The molecule has 0 saturated heterocycles. The zero-order valence-corrected chi connectivity index (χ0v) is 14.6. The molecule has 26 heavy (non-hydrogen) atoms. The van der Waals surface area contributed by atoms with Gasteiger partial charge in [-0.25, -0.2) is 4.98 Å². The lowest BCUT2D eigenvalue weighted by molar-refractivity contribution is -0.116. The first kappa shape index (κ1) is 17.5. The molecule has 0 bridgehead atoms. The molecule has 2 aromatic carbocycles. The van der Waals surface area contributed by atoms with E-state index in [4.69, 9.17) is 0 Å². The van der Waals surface area contributed by atoms with Gasteiger partial charge in [-0.2, -0.15) is 4.91 Å². The van der Waals surface area contributed by atoms with Crippen molar-refractivity contribution in [2.45, 2.75) is 19.4 Å². The predicted molar refractivity (Wildman–Crippen MR) is 102 cm³/mol. The molecule has 1 heterocycles. The summed E-state index contributed by atoms with van der Waals surface area (Å²) in [7, 11) is 1.93. The lowest BCUT2D eigenvalue weighted by Gasteiger charge is -2.08. The highest BCUT2D eigenvalue weighted by Gasteiger charge is 2.11. The molecule has 6 nitrogen and oxygen atoms in total. The quantitative estimate of drug-likeness (QED) is 0.657. The third-order valence-electron chi connectivity index (χ3n) is 4.14. The maximum Gasteiger partial charge on any atom is 0.224 e. The van der Waals surface area contributed by atoms with Gasteiger partial charge in [-0.05, 0) is 6.07 Å². The van der Waals surface area contributed by atoms with Crippen LogP contribution in [-0.2, 0) is 24.8 Å². The highest BCUT2D eigenvalue weighted by atomic mass is 16.3. The second kappa shape index (κ2) is 8.20. The molecule has 3 rings (SSSR count). The Morgan fingerprint density at radius 1 is 1.12 bits per heavy atom. The summed E-state index contributed by atoms with van der Waals surface area (Å²) in [5.74, 6) is 0.731. The Balaban J connectivity index is 1.63. The number of anilines is 1. The molecule has 0 unspecified atom stereocenters. The van der Waals surface area contributed by atoms with E-state index in [9.17, 15) is 9.70 Å². The minimum absolute atomic E-state index is 0.0380. The summed E-state index contributed by atoms with van der Waals surface area (Å²) in [5.41, 5.74) is 3.28. The van der Waals surface area contributed by atoms with Crippen LogP contribution in [0.4, 0.5) is 5.69 Å². The average Bonchev–Trinajstić information content (AvgIpc) is 3.03. The van der Waals surface area contributed by atoms with Crippen LogP contribution < -0.4 is 5.32 Å². The molecule has 0 radical (unpaired) electrons. The molecule has 0 saturated carbocycles. The first-order valence-electron chi connectivity index (χ1n) is 8.42. The van der Waals surface area contributed by atoms with E-state index in [1.807, 2.05) is 60.3 Å². The van der Waals surface area contributed by atoms with E-state index in [0.717, 1.165) is 17.1 Å². The molecule has 0 atom stereocenters. The van der Waals surface area contributed by atoms with E-state index in [1.54, 1.807) is 12.1 Å². The molecule has 6 heteroatoms. The monoisotopic (exact) mass is 348 g/mol. The number of nitroso groups, excluding NO2 is 1. The van der Waals surface area contributed by atoms with Gasteiger partial charge < -0.3 is 9.88 Å². The molecule has 1 N–H and O–H groups in total. The third kappa shape index (κ3) is 4.22. The van der Waals surface area contributed by atoms with Crippen LogP contribution in [0.2, 0.25) is 0 Å². The van der Waals surface area contributed by atoms with Crippen LogP contribution in [0.3, 0.4) is 0 Å². The van der Waals surface area contributed by atoms with Gasteiger partial charge in [-0.1, -0.05) is 53.7 Å². The van der Waals surface area contributed by atoms with Crippen molar-refractivity contribution in [1.29, 1.82) is 0 Å². The van der Waals surface area contributed by atoms with E-state index in [1.165, 1.54) is 0 Å². The molecule has 0 aliphatic rings. The summed E-state index contributed by atoms with van der Waals surface area (Å²) < 4.78 is 1.94. The SMILES string of the molecule is Cn1cc(-c2ccccc2)nc1CCC(=O)Nc1ccccc1CN=O. The molecule has 3 aromatic rings. The van der Waals surface area contributed by atoms with Crippen LogP contribution >= 0.6 is 0 Å². The van der Waals surface area contributed by atoms with Crippen molar-refractivity contribution in [3.05, 3.63) is 77.1 Å². The summed E-state index contributed by atoms with van der Waals surface area (Å²) in [4.78, 5) is 27.4. The van der Waals surface area contributed by atoms with Crippen molar-refractivity contribution >= 4 is 11.6 Å². The summed E-state index contributed by atoms with van der Waals surface area (Å²) in [6.07, 6.45) is 2.80. The van der Waals surface area contributed by atoms with Crippen LogP contribution in [0, 0.1) is 4.91 Å². The Bertz CT molecular complexity index is 903. The van der Waals surface area contributed by atoms with Gasteiger partial charge in [0.05, 0.1) is 5.69 Å². The number of nitrogens with one attached hydrogen (secondary N) is 1. The zero-order valence-electron chi connectivity index (χ0n) is 14.6. The highest BCUT2D eigenvalue weighted by Crippen LogP contribution is 2.19. The predicted octanol–water partition coefficient (Wildman–Crippen LogP) is 3.92. The number of aryl methyl sites for hydroxylation is 2. The fourth-order valence-electron chi connectivity index (χ4n) is 2.77. The Morgan fingerprint density at radius 3 is 2.62 bits per heavy atom. The third-order valence-corrected chi connectivity index (χ3v) is 4.14. The van der Waals surface area contributed by atoms with E-state index < -0.39 is 0 Å². The minimum Gasteiger partial charge on any atom is -0.337 e. The Labute approximate surface area is 151 Å². The van der Waals surface area contributed by atoms with Crippen LogP contribution in [0.15, 0.2) is 66.0 Å². The molecular weight excluding hydrogens is 328 g/mol. The summed E-state index contributed by atoms with van der Waals surface area (Å²) in [6, 6.07) is 17.1. The number of nitrogens with zero attached hydrogens (tertiary/aromatic N) is 3. The average molecular weight is 348 g/mol. The normalized spacial score (nSPS) is 10.5. The number of carbonyl (C=O) groups excluding carboxylic acids is 1. The van der Waals surface area contributed by atoms with Gasteiger partial charge in [0.15, 0.2) is 0 Å². The molecule has 0 spiro atoms. The number of imidazole rings is 1. The maximum absolute atomic E-state index is 12.3. The van der Waals surface area contributed by atoms with Crippen molar-refractivity contribution in [1.82, 2.24) is 9.55 Å². The Hall–Kier alpha value is -3.28.